The lowest BCUT2D eigenvalue weighted by Gasteiger charge is -2.09. The molecule has 0 saturated carbocycles. The largest absolute Gasteiger partial charge is 0.369 e. The van der Waals surface area contributed by atoms with E-state index in [4.69, 9.17) is 5.73 Å². The Hall–Kier alpha value is -2.04. The molecule has 2 aromatic rings. The average molecular weight is 260 g/mol. The first-order valence-electron chi connectivity index (χ1n) is 6.49. The molecule has 19 heavy (non-hydrogen) atoms. The quantitative estimate of drug-likeness (QED) is 0.881. The number of aryl methyl sites for hydroxylation is 2. The molecule has 2 rings (SSSR count). The van der Waals surface area contributed by atoms with Crippen LogP contribution in [0.25, 0.3) is 11.0 Å². The molecule has 0 aliphatic heterocycles. The molecule has 0 spiro atoms. The normalized spacial score (nSPS) is 11.2. The predicted molar refractivity (Wildman–Crippen MR) is 76.8 cm³/mol. The van der Waals surface area contributed by atoms with Gasteiger partial charge < -0.3 is 15.6 Å². The number of fused-ring (bicyclic) bond motifs is 1. The van der Waals surface area contributed by atoms with Crippen LogP contribution in [-0.2, 0) is 11.3 Å². The maximum atomic E-state index is 11.7. The van der Waals surface area contributed by atoms with Crippen LogP contribution in [0.4, 0.5) is 5.95 Å². The van der Waals surface area contributed by atoms with Gasteiger partial charge in [-0.05, 0) is 32.4 Å². The van der Waals surface area contributed by atoms with Crippen molar-refractivity contribution in [2.24, 2.45) is 0 Å². The van der Waals surface area contributed by atoms with Gasteiger partial charge in [0.25, 0.3) is 0 Å². The van der Waals surface area contributed by atoms with Gasteiger partial charge in [-0.15, -0.1) is 0 Å². The minimum absolute atomic E-state index is 0.0314. The highest BCUT2D eigenvalue weighted by Crippen LogP contribution is 2.21. The Balaban J connectivity index is 2.19. The number of imidazole rings is 1. The number of carbonyl (C=O) groups excluding carboxylic acids is 1. The summed E-state index contributed by atoms with van der Waals surface area (Å²) in [5.41, 5.74) is 8.91. The maximum absolute atomic E-state index is 11.7. The van der Waals surface area contributed by atoms with E-state index in [9.17, 15) is 4.79 Å². The molecule has 5 heteroatoms. The number of nitrogens with one attached hydrogen (secondary N) is 1. The third-order valence-electron chi connectivity index (χ3n) is 3.02. The second-order valence-corrected chi connectivity index (χ2v) is 5.04. The standard InChI is InChI=1S/C14H20N4O/c1-9(2)16-12(19)7-8-18-11-6-4-5-10(3)13(11)17-14(18)15/h4-6,9H,7-8H2,1-3H3,(H2,15,17)(H,16,19). The van der Waals surface area contributed by atoms with Crippen LogP contribution in [0.3, 0.4) is 0 Å². The van der Waals surface area contributed by atoms with Crippen molar-refractivity contribution in [3.05, 3.63) is 23.8 Å². The van der Waals surface area contributed by atoms with Crippen LogP contribution in [0.1, 0.15) is 25.8 Å². The summed E-state index contributed by atoms with van der Waals surface area (Å²) in [5, 5.41) is 2.87. The van der Waals surface area contributed by atoms with Crippen molar-refractivity contribution in [2.75, 3.05) is 5.73 Å². The first-order chi connectivity index (χ1) is 8.99. The Bertz CT molecular complexity index is 601. The molecule has 0 aliphatic carbocycles. The van der Waals surface area contributed by atoms with Gasteiger partial charge in [-0.25, -0.2) is 4.98 Å². The van der Waals surface area contributed by atoms with E-state index in [2.05, 4.69) is 10.3 Å². The zero-order valence-corrected chi connectivity index (χ0v) is 11.6. The number of carbonyl (C=O) groups is 1. The van der Waals surface area contributed by atoms with Crippen molar-refractivity contribution < 1.29 is 4.79 Å². The van der Waals surface area contributed by atoms with Gasteiger partial charge >= 0.3 is 0 Å². The fourth-order valence-corrected chi connectivity index (χ4v) is 2.15. The SMILES string of the molecule is Cc1cccc2c1nc(N)n2CCC(=O)NC(C)C. The molecule has 3 N–H and O–H groups in total. The van der Waals surface area contributed by atoms with Crippen LogP contribution in [0.15, 0.2) is 18.2 Å². The van der Waals surface area contributed by atoms with Crippen molar-refractivity contribution in [1.82, 2.24) is 14.9 Å². The number of hydrogen-bond donors (Lipinski definition) is 2. The maximum Gasteiger partial charge on any atom is 0.221 e. The number of aromatic nitrogens is 2. The molecule has 0 fully saturated rings. The van der Waals surface area contributed by atoms with Gasteiger partial charge in [0.2, 0.25) is 11.9 Å². The number of amides is 1. The Labute approximate surface area is 112 Å². The molecular weight excluding hydrogens is 240 g/mol. The van der Waals surface area contributed by atoms with Gasteiger partial charge in [-0.2, -0.15) is 0 Å². The number of nitrogens with two attached hydrogens (primary N) is 1. The Morgan fingerprint density at radius 1 is 1.47 bits per heavy atom. The summed E-state index contributed by atoms with van der Waals surface area (Å²) >= 11 is 0. The minimum Gasteiger partial charge on any atom is -0.369 e. The minimum atomic E-state index is 0.0314. The van der Waals surface area contributed by atoms with Gasteiger partial charge in [0.05, 0.1) is 11.0 Å². The number of anilines is 1. The number of rotatable bonds is 4. The van der Waals surface area contributed by atoms with Crippen LogP contribution in [-0.4, -0.2) is 21.5 Å². The summed E-state index contributed by atoms with van der Waals surface area (Å²) in [4.78, 5) is 16.0. The van der Waals surface area contributed by atoms with Crippen LogP contribution >= 0.6 is 0 Å². The number of para-hydroxylation sites is 1. The number of benzene rings is 1. The summed E-state index contributed by atoms with van der Waals surface area (Å²) in [5.74, 6) is 0.491. The lowest BCUT2D eigenvalue weighted by atomic mass is 10.2. The molecule has 0 unspecified atom stereocenters. The molecule has 1 heterocycles. The van der Waals surface area contributed by atoms with E-state index in [1.54, 1.807) is 0 Å². The summed E-state index contributed by atoms with van der Waals surface area (Å²) < 4.78 is 1.89. The number of nitrogens with zero attached hydrogens (tertiary/aromatic N) is 2. The smallest absolute Gasteiger partial charge is 0.221 e. The van der Waals surface area contributed by atoms with E-state index in [0.29, 0.717) is 18.9 Å². The first kappa shape index (κ1) is 13.4. The molecule has 1 aromatic carbocycles. The van der Waals surface area contributed by atoms with Crippen molar-refractivity contribution in [3.63, 3.8) is 0 Å². The predicted octanol–water partition coefficient (Wildman–Crippen LogP) is 1.84. The molecule has 0 saturated heterocycles. The van der Waals surface area contributed by atoms with Gasteiger partial charge in [0.1, 0.15) is 0 Å². The fraction of sp³-hybridized carbons (Fsp3) is 0.429. The van der Waals surface area contributed by atoms with Crippen LogP contribution in [0.5, 0.6) is 0 Å². The molecule has 1 amide bonds. The zero-order valence-electron chi connectivity index (χ0n) is 11.6. The summed E-state index contributed by atoms with van der Waals surface area (Å²) in [7, 11) is 0. The zero-order chi connectivity index (χ0) is 14.0. The summed E-state index contributed by atoms with van der Waals surface area (Å²) in [6.45, 7) is 6.44. The Morgan fingerprint density at radius 3 is 2.89 bits per heavy atom. The Morgan fingerprint density at radius 2 is 2.21 bits per heavy atom. The molecule has 0 bridgehead atoms. The summed E-state index contributed by atoms with van der Waals surface area (Å²) in [6, 6.07) is 6.12. The van der Waals surface area contributed by atoms with Crippen molar-refractivity contribution in [1.29, 1.82) is 0 Å². The lowest BCUT2D eigenvalue weighted by molar-refractivity contribution is -0.121. The fourth-order valence-electron chi connectivity index (χ4n) is 2.15. The Kier molecular flexibility index (Phi) is 3.74. The third kappa shape index (κ3) is 2.86. The van der Waals surface area contributed by atoms with Gasteiger partial charge in [0, 0.05) is 19.0 Å². The molecule has 1 aromatic heterocycles. The van der Waals surface area contributed by atoms with E-state index in [1.165, 1.54) is 0 Å². The van der Waals surface area contributed by atoms with Crippen molar-refractivity contribution >= 4 is 22.9 Å². The molecule has 0 radical (unpaired) electrons. The van der Waals surface area contributed by atoms with Crippen LogP contribution < -0.4 is 11.1 Å². The highest BCUT2D eigenvalue weighted by molar-refractivity contribution is 5.82. The lowest BCUT2D eigenvalue weighted by Crippen LogP contribution is -2.30. The first-order valence-corrected chi connectivity index (χ1v) is 6.49. The number of nitrogen functional groups attached to an aromatic ring is 1. The molecular formula is C14H20N4O. The second kappa shape index (κ2) is 5.30. The van der Waals surface area contributed by atoms with Crippen LogP contribution in [0, 0.1) is 6.92 Å². The van der Waals surface area contributed by atoms with E-state index in [0.717, 1.165) is 16.6 Å². The van der Waals surface area contributed by atoms with Crippen molar-refractivity contribution in [2.45, 2.75) is 39.8 Å². The number of hydrogen-bond acceptors (Lipinski definition) is 3. The van der Waals surface area contributed by atoms with Gasteiger partial charge in [-0.1, -0.05) is 12.1 Å². The molecule has 5 nitrogen and oxygen atoms in total. The summed E-state index contributed by atoms with van der Waals surface area (Å²) in [6.07, 6.45) is 0.405. The van der Waals surface area contributed by atoms with E-state index in [1.807, 2.05) is 43.5 Å². The highest BCUT2D eigenvalue weighted by Gasteiger charge is 2.11. The van der Waals surface area contributed by atoms with Crippen LogP contribution in [0.2, 0.25) is 0 Å². The monoisotopic (exact) mass is 260 g/mol. The topological polar surface area (TPSA) is 72.9 Å². The van der Waals surface area contributed by atoms with Gasteiger partial charge in [0.15, 0.2) is 0 Å². The van der Waals surface area contributed by atoms with Gasteiger partial charge in [-0.3, -0.25) is 4.79 Å². The molecule has 102 valence electrons. The highest BCUT2D eigenvalue weighted by atomic mass is 16.1. The molecule has 0 aliphatic rings. The average Bonchev–Trinajstić information content (AvgIpc) is 2.63. The van der Waals surface area contributed by atoms with E-state index in [-0.39, 0.29) is 11.9 Å². The molecule has 0 atom stereocenters. The van der Waals surface area contributed by atoms with E-state index < -0.39 is 0 Å². The van der Waals surface area contributed by atoms with E-state index >= 15 is 0 Å². The van der Waals surface area contributed by atoms with Crippen molar-refractivity contribution in [3.8, 4) is 0 Å². The third-order valence-corrected chi connectivity index (χ3v) is 3.02. The second-order valence-electron chi connectivity index (χ2n) is 5.04.